The predicted molar refractivity (Wildman–Crippen MR) is 133 cm³/mol. The summed E-state index contributed by atoms with van der Waals surface area (Å²) in [5, 5.41) is 12.0. The van der Waals surface area contributed by atoms with Crippen molar-refractivity contribution in [1.82, 2.24) is 5.32 Å². The molecule has 2 rings (SSSR count). The maximum Gasteiger partial charge on any atom is 0.408 e. The van der Waals surface area contributed by atoms with Gasteiger partial charge in [0.15, 0.2) is 0 Å². The van der Waals surface area contributed by atoms with Crippen LogP contribution in [0.1, 0.15) is 52.7 Å². The van der Waals surface area contributed by atoms with E-state index < -0.39 is 26.4 Å². The SMILES string of the molecule is CC(C)[Si](Oc1ccc(C[C@H](NC(=O)OCc2ccccc2)C(=O)O)cc1)(C(C)C)C(C)C. The van der Waals surface area contributed by atoms with E-state index in [1.165, 1.54) is 0 Å². The van der Waals surface area contributed by atoms with Crippen molar-refractivity contribution >= 4 is 20.4 Å². The third-order valence-corrected chi connectivity index (χ3v) is 12.2. The van der Waals surface area contributed by atoms with Crippen molar-refractivity contribution < 1.29 is 23.9 Å². The van der Waals surface area contributed by atoms with E-state index in [2.05, 4.69) is 46.9 Å². The molecule has 0 heterocycles. The number of ether oxygens (including phenoxy) is 1. The summed E-state index contributed by atoms with van der Waals surface area (Å²) in [4.78, 5) is 23.8. The summed E-state index contributed by atoms with van der Waals surface area (Å²) < 4.78 is 11.8. The van der Waals surface area contributed by atoms with Crippen molar-refractivity contribution in [3.05, 3.63) is 65.7 Å². The standard InChI is InChI=1S/C26H37NO5Si/c1-18(2)33(19(3)4,20(5)6)32-23-14-12-21(13-15-23)16-24(25(28)29)27-26(30)31-17-22-10-8-7-9-11-22/h7-15,18-20,24H,16-17H2,1-6H3,(H,27,30)(H,28,29)/t24-/m0/s1. The van der Waals surface area contributed by atoms with Gasteiger partial charge >= 0.3 is 12.1 Å². The minimum atomic E-state index is -2.06. The second-order valence-corrected chi connectivity index (χ2v) is 14.7. The van der Waals surface area contributed by atoms with Crippen LogP contribution in [0, 0.1) is 0 Å². The number of hydrogen-bond acceptors (Lipinski definition) is 4. The lowest BCUT2D eigenvalue weighted by molar-refractivity contribution is -0.139. The number of aliphatic carboxylic acids is 1. The number of hydrogen-bond donors (Lipinski definition) is 2. The van der Waals surface area contributed by atoms with E-state index in [0.717, 1.165) is 16.9 Å². The molecule has 0 bridgehead atoms. The Morgan fingerprint density at radius 3 is 1.88 bits per heavy atom. The molecule has 0 radical (unpaired) electrons. The van der Waals surface area contributed by atoms with E-state index in [9.17, 15) is 14.7 Å². The molecule has 7 heteroatoms. The van der Waals surface area contributed by atoms with E-state index in [4.69, 9.17) is 9.16 Å². The van der Waals surface area contributed by atoms with Crippen LogP contribution in [0.4, 0.5) is 4.79 Å². The molecule has 0 aromatic heterocycles. The molecule has 1 amide bonds. The molecule has 2 aromatic rings. The van der Waals surface area contributed by atoms with Crippen molar-refractivity contribution in [2.24, 2.45) is 0 Å². The first-order chi connectivity index (χ1) is 15.6. The Hall–Kier alpha value is -2.80. The fourth-order valence-electron chi connectivity index (χ4n) is 4.59. The van der Waals surface area contributed by atoms with Gasteiger partial charge in [0.1, 0.15) is 18.4 Å². The summed E-state index contributed by atoms with van der Waals surface area (Å²) in [5.41, 5.74) is 3.00. The van der Waals surface area contributed by atoms with Crippen LogP contribution >= 0.6 is 0 Å². The van der Waals surface area contributed by atoms with Gasteiger partial charge in [-0.05, 0) is 39.9 Å². The zero-order valence-corrected chi connectivity index (χ0v) is 21.5. The molecule has 33 heavy (non-hydrogen) atoms. The van der Waals surface area contributed by atoms with Gasteiger partial charge in [-0.2, -0.15) is 0 Å². The van der Waals surface area contributed by atoms with Gasteiger partial charge in [0, 0.05) is 6.42 Å². The van der Waals surface area contributed by atoms with Crippen LogP contribution in [0.2, 0.25) is 16.6 Å². The molecule has 0 saturated heterocycles. The van der Waals surface area contributed by atoms with E-state index >= 15 is 0 Å². The van der Waals surface area contributed by atoms with Gasteiger partial charge in [-0.15, -0.1) is 0 Å². The molecule has 0 aliphatic heterocycles. The third kappa shape index (κ3) is 7.09. The number of amides is 1. The summed E-state index contributed by atoms with van der Waals surface area (Å²) in [5.74, 6) is -0.304. The van der Waals surface area contributed by atoms with Crippen LogP contribution in [0.5, 0.6) is 5.75 Å². The first-order valence-electron chi connectivity index (χ1n) is 11.5. The lowest BCUT2D eigenvalue weighted by Crippen LogP contribution is -2.50. The van der Waals surface area contributed by atoms with Gasteiger partial charge in [-0.25, -0.2) is 9.59 Å². The van der Waals surface area contributed by atoms with Crippen molar-refractivity contribution in [3.63, 3.8) is 0 Å². The minimum Gasteiger partial charge on any atom is -0.543 e. The number of benzene rings is 2. The molecule has 0 aliphatic rings. The molecule has 0 aliphatic carbocycles. The molecule has 6 nitrogen and oxygen atoms in total. The van der Waals surface area contributed by atoms with Crippen LogP contribution in [0.25, 0.3) is 0 Å². The average molecular weight is 472 g/mol. The highest BCUT2D eigenvalue weighted by atomic mass is 28.4. The summed E-state index contributed by atoms with van der Waals surface area (Å²) >= 11 is 0. The highest BCUT2D eigenvalue weighted by Gasteiger charge is 2.46. The van der Waals surface area contributed by atoms with Crippen LogP contribution in [0.15, 0.2) is 54.6 Å². The van der Waals surface area contributed by atoms with Gasteiger partial charge in [-0.1, -0.05) is 84.0 Å². The van der Waals surface area contributed by atoms with Crippen molar-refractivity contribution in [2.45, 2.75) is 77.2 Å². The Kier molecular flexibility index (Phi) is 9.52. The molecule has 2 aromatic carbocycles. The summed E-state index contributed by atoms with van der Waals surface area (Å²) in [6.07, 6.45) is -0.607. The maximum absolute atomic E-state index is 12.1. The molecule has 0 unspecified atom stereocenters. The minimum absolute atomic E-state index is 0.0816. The van der Waals surface area contributed by atoms with Gasteiger partial charge in [0.05, 0.1) is 0 Å². The second-order valence-electron chi connectivity index (χ2n) is 9.36. The number of nitrogens with one attached hydrogen (secondary N) is 1. The molecule has 2 N–H and O–H groups in total. The number of carbonyl (C=O) groups excluding carboxylic acids is 1. The molecule has 0 saturated carbocycles. The number of alkyl carbamates (subject to hydrolysis) is 1. The van der Waals surface area contributed by atoms with Gasteiger partial charge < -0.3 is 19.6 Å². The Bertz CT molecular complexity index is 875. The third-order valence-electron chi connectivity index (χ3n) is 6.17. The number of carboxylic acid groups (broad SMARTS) is 1. The Balaban J connectivity index is 2.03. The van der Waals surface area contributed by atoms with Crippen LogP contribution in [-0.4, -0.2) is 31.5 Å². The van der Waals surface area contributed by atoms with E-state index in [1.54, 1.807) is 0 Å². The maximum atomic E-state index is 12.1. The quantitative estimate of drug-likeness (QED) is 0.383. The van der Waals surface area contributed by atoms with Gasteiger partial charge in [0.25, 0.3) is 8.32 Å². The van der Waals surface area contributed by atoms with Crippen LogP contribution in [0.3, 0.4) is 0 Å². The monoisotopic (exact) mass is 471 g/mol. The molecular weight excluding hydrogens is 434 g/mol. The van der Waals surface area contributed by atoms with Crippen molar-refractivity contribution in [3.8, 4) is 5.75 Å². The van der Waals surface area contributed by atoms with Crippen LogP contribution < -0.4 is 9.74 Å². The first kappa shape index (κ1) is 26.4. The topological polar surface area (TPSA) is 84.9 Å². The van der Waals surface area contributed by atoms with E-state index in [-0.39, 0.29) is 13.0 Å². The van der Waals surface area contributed by atoms with Crippen molar-refractivity contribution in [1.29, 1.82) is 0 Å². The lowest BCUT2D eigenvalue weighted by Gasteiger charge is -2.42. The molecular formula is C26H37NO5Si. The Morgan fingerprint density at radius 2 is 1.39 bits per heavy atom. The molecule has 180 valence electrons. The highest BCUT2D eigenvalue weighted by molar-refractivity contribution is 6.78. The largest absolute Gasteiger partial charge is 0.543 e. The predicted octanol–water partition coefficient (Wildman–Crippen LogP) is 6.16. The first-order valence-corrected chi connectivity index (χ1v) is 13.7. The van der Waals surface area contributed by atoms with E-state index in [0.29, 0.717) is 16.6 Å². The summed E-state index contributed by atoms with van der Waals surface area (Å²) in [7, 11) is -2.06. The van der Waals surface area contributed by atoms with E-state index in [1.807, 2.05) is 54.6 Å². The Labute approximate surface area is 198 Å². The summed E-state index contributed by atoms with van der Waals surface area (Å²) in [6, 6.07) is 15.7. The zero-order valence-electron chi connectivity index (χ0n) is 20.5. The fourth-order valence-corrected chi connectivity index (χ4v) is 9.85. The Morgan fingerprint density at radius 1 is 0.848 bits per heavy atom. The highest BCUT2D eigenvalue weighted by Crippen LogP contribution is 2.42. The van der Waals surface area contributed by atoms with Gasteiger partial charge in [0.2, 0.25) is 0 Å². The molecule has 0 fully saturated rings. The lowest BCUT2D eigenvalue weighted by atomic mass is 10.1. The average Bonchev–Trinajstić information content (AvgIpc) is 2.76. The van der Waals surface area contributed by atoms with Crippen LogP contribution in [-0.2, 0) is 22.6 Å². The normalized spacial score (nSPS) is 12.6. The number of carbonyl (C=O) groups is 2. The number of carboxylic acids is 1. The van der Waals surface area contributed by atoms with Gasteiger partial charge in [-0.3, -0.25) is 0 Å². The fraction of sp³-hybridized carbons (Fsp3) is 0.462. The summed E-state index contributed by atoms with van der Waals surface area (Å²) in [6.45, 7) is 13.5. The smallest absolute Gasteiger partial charge is 0.408 e. The molecule has 1 atom stereocenters. The second kappa shape index (κ2) is 11.9. The van der Waals surface area contributed by atoms with Crippen molar-refractivity contribution in [2.75, 3.05) is 0 Å². The molecule has 0 spiro atoms. The number of rotatable bonds is 11. The zero-order chi connectivity index (χ0) is 24.6.